The Morgan fingerprint density at radius 1 is 0.706 bits per heavy atom. The van der Waals surface area contributed by atoms with Crippen LogP contribution >= 0.6 is 0 Å². The quantitative estimate of drug-likeness (QED) is 0.270. The smallest absolute Gasteiger partial charge is 0.164 e. The Morgan fingerprint density at radius 3 is 2.03 bits per heavy atom. The van der Waals surface area contributed by atoms with Gasteiger partial charge in [0, 0.05) is 17.7 Å². The molecule has 34 heavy (non-hydrogen) atoms. The Balaban J connectivity index is 1.70. The fourth-order valence-corrected chi connectivity index (χ4v) is 5.28. The third kappa shape index (κ3) is 3.43. The van der Waals surface area contributed by atoms with Crippen molar-refractivity contribution >= 4 is 0 Å². The first-order chi connectivity index (χ1) is 16.8. The minimum absolute atomic E-state index is 0.169. The molecule has 1 atom stereocenters. The van der Waals surface area contributed by atoms with Crippen LogP contribution in [0, 0.1) is 0 Å². The van der Waals surface area contributed by atoms with Crippen LogP contribution in [0.25, 0.3) is 22.4 Å². The van der Waals surface area contributed by atoms with Crippen LogP contribution in [0.4, 0.5) is 0 Å². The van der Waals surface area contributed by atoms with E-state index in [1.165, 1.54) is 44.8 Å². The van der Waals surface area contributed by atoms with Gasteiger partial charge in [-0.25, -0.2) is 0 Å². The normalized spacial score (nSPS) is 14.2. The van der Waals surface area contributed by atoms with Crippen LogP contribution in [-0.4, -0.2) is 4.57 Å². The molecular formula is C32H27NO. The first-order valence-electron chi connectivity index (χ1n) is 12.0. The number of benzene rings is 4. The molecule has 2 heterocycles. The van der Waals surface area contributed by atoms with E-state index in [-0.39, 0.29) is 6.10 Å². The fraction of sp³-hybridized carbons (Fsp3) is 0.125. The molecule has 2 heteroatoms. The number of nitrogens with zero attached hydrogens (tertiary/aromatic N) is 1. The summed E-state index contributed by atoms with van der Waals surface area (Å²) < 4.78 is 9.26. The van der Waals surface area contributed by atoms with E-state index in [0.29, 0.717) is 0 Å². The summed E-state index contributed by atoms with van der Waals surface area (Å²) in [6, 6.07) is 40.7. The summed E-state index contributed by atoms with van der Waals surface area (Å²) >= 11 is 0. The van der Waals surface area contributed by atoms with Gasteiger partial charge in [-0.2, -0.15) is 0 Å². The molecule has 0 radical (unpaired) electrons. The molecule has 1 aliphatic heterocycles. The van der Waals surface area contributed by atoms with E-state index in [2.05, 4.69) is 127 Å². The Hall–Kier alpha value is -4.04. The zero-order valence-corrected chi connectivity index (χ0v) is 19.3. The lowest BCUT2D eigenvalue weighted by molar-refractivity contribution is 0.234. The summed E-state index contributed by atoms with van der Waals surface area (Å²) in [7, 11) is 0. The van der Waals surface area contributed by atoms with Crippen LogP contribution in [-0.2, 0) is 13.0 Å². The fourth-order valence-electron chi connectivity index (χ4n) is 5.28. The van der Waals surface area contributed by atoms with Crippen LogP contribution < -0.4 is 4.74 Å². The van der Waals surface area contributed by atoms with Gasteiger partial charge in [0.25, 0.3) is 0 Å². The standard InChI is InChI=1S/C32H27NO/c1-2-26-29-27-20-12-13-21-28(27)34-32(25-18-10-5-11-19-25)31(29)33(22-23-14-6-3-7-15-23)30(26)24-16-8-4-9-17-24/h3-21,32H,2,22H2,1H3/t32-/m1/s1. The van der Waals surface area contributed by atoms with E-state index >= 15 is 0 Å². The van der Waals surface area contributed by atoms with E-state index in [0.717, 1.165) is 18.7 Å². The average Bonchev–Trinajstić information content (AvgIpc) is 3.24. The van der Waals surface area contributed by atoms with Gasteiger partial charge < -0.3 is 9.30 Å². The number of hydrogen-bond donors (Lipinski definition) is 0. The van der Waals surface area contributed by atoms with Crippen LogP contribution in [0.5, 0.6) is 5.75 Å². The lowest BCUT2D eigenvalue weighted by Crippen LogP contribution is -2.20. The van der Waals surface area contributed by atoms with Gasteiger partial charge in [0.05, 0.1) is 11.4 Å². The Kier molecular flexibility index (Phi) is 5.27. The van der Waals surface area contributed by atoms with Crippen LogP contribution in [0.15, 0.2) is 115 Å². The molecule has 0 unspecified atom stereocenters. The number of fused-ring (bicyclic) bond motifs is 3. The molecule has 0 spiro atoms. The first-order valence-corrected chi connectivity index (χ1v) is 12.0. The molecule has 1 aliphatic rings. The summed E-state index contributed by atoms with van der Waals surface area (Å²) in [6.07, 6.45) is 0.780. The highest BCUT2D eigenvalue weighted by Gasteiger charge is 2.35. The molecule has 0 amide bonds. The minimum Gasteiger partial charge on any atom is -0.479 e. The van der Waals surface area contributed by atoms with E-state index < -0.39 is 0 Å². The minimum atomic E-state index is -0.169. The van der Waals surface area contributed by atoms with Gasteiger partial charge in [-0.1, -0.05) is 116 Å². The summed E-state index contributed by atoms with van der Waals surface area (Å²) in [5.41, 5.74) is 10.1. The van der Waals surface area contributed by atoms with Gasteiger partial charge in [-0.3, -0.25) is 0 Å². The van der Waals surface area contributed by atoms with Crippen LogP contribution in [0.2, 0.25) is 0 Å². The maximum atomic E-state index is 6.75. The van der Waals surface area contributed by atoms with Crippen molar-refractivity contribution < 1.29 is 4.74 Å². The highest BCUT2D eigenvalue weighted by molar-refractivity contribution is 5.85. The van der Waals surface area contributed by atoms with Gasteiger partial charge in [0.15, 0.2) is 6.10 Å². The Morgan fingerprint density at radius 2 is 1.32 bits per heavy atom. The molecule has 0 bridgehead atoms. The Labute approximate surface area is 201 Å². The molecule has 4 aromatic carbocycles. The van der Waals surface area contributed by atoms with Gasteiger partial charge >= 0.3 is 0 Å². The van der Waals surface area contributed by atoms with E-state index in [4.69, 9.17) is 4.74 Å². The van der Waals surface area contributed by atoms with Crippen LogP contribution in [0.1, 0.15) is 35.4 Å². The molecular weight excluding hydrogens is 414 g/mol. The predicted octanol–water partition coefficient (Wildman–Crippen LogP) is 7.91. The zero-order chi connectivity index (χ0) is 22.9. The molecule has 2 nitrogen and oxygen atoms in total. The van der Waals surface area contributed by atoms with Gasteiger partial charge in [-0.15, -0.1) is 0 Å². The largest absolute Gasteiger partial charge is 0.479 e. The molecule has 5 aromatic rings. The second kappa shape index (κ2) is 8.72. The lowest BCUT2D eigenvalue weighted by atomic mass is 9.91. The number of para-hydroxylation sites is 1. The van der Waals surface area contributed by atoms with Crippen LogP contribution in [0.3, 0.4) is 0 Å². The van der Waals surface area contributed by atoms with Crippen molar-refractivity contribution in [1.82, 2.24) is 4.57 Å². The van der Waals surface area contributed by atoms with Crippen molar-refractivity contribution in [3.05, 3.63) is 138 Å². The molecule has 0 N–H and O–H groups in total. The van der Waals surface area contributed by atoms with Crippen molar-refractivity contribution in [3.8, 4) is 28.1 Å². The first kappa shape index (κ1) is 20.6. The van der Waals surface area contributed by atoms with Crippen molar-refractivity contribution in [3.63, 3.8) is 0 Å². The second-order valence-electron chi connectivity index (χ2n) is 8.78. The second-order valence-corrected chi connectivity index (χ2v) is 8.78. The topological polar surface area (TPSA) is 14.2 Å². The molecule has 6 rings (SSSR count). The molecule has 0 fully saturated rings. The van der Waals surface area contributed by atoms with E-state index in [1.807, 2.05) is 0 Å². The SMILES string of the molecule is CCc1c2c(n(Cc3ccccc3)c1-c1ccccc1)[C@@H](c1ccccc1)Oc1ccccc1-2. The number of rotatable bonds is 5. The lowest BCUT2D eigenvalue weighted by Gasteiger charge is -2.29. The van der Waals surface area contributed by atoms with E-state index in [1.54, 1.807) is 0 Å². The number of hydrogen-bond acceptors (Lipinski definition) is 1. The predicted molar refractivity (Wildman–Crippen MR) is 139 cm³/mol. The van der Waals surface area contributed by atoms with Crippen molar-refractivity contribution in [1.29, 1.82) is 0 Å². The highest BCUT2D eigenvalue weighted by Crippen LogP contribution is 2.50. The third-order valence-corrected chi connectivity index (χ3v) is 6.74. The molecule has 166 valence electrons. The van der Waals surface area contributed by atoms with Gasteiger partial charge in [-0.05, 0) is 34.7 Å². The Bertz CT molecular complexity index is 1420. The van der Waals surface area contributed by atoms with Gasteiger partial charge in [0.2, 0.25) is 0 Å². The highest BCUT2D eigenvalue weighted by atomic mass is 16.5. The number of aromatic nitrogens is 1. The average molecular weight is 442 g/mol. The molecule has 1 aromatic heterocycles. The molecule has 0 saturated heterocycles. The summed E-state index contributed by atoms with van der Waals surface area (Å²) in [6.45, 7) is 3.06. The monoisotopic (exact) mass is 441 g/mol. The summed E-state index contributed by atoms with van der Waals surface area (Å²) in [4.78, 5) is 0. The third-order valence-electron chi connectivity index (χ3n) is 6.74. The molecule has 0 saturated carbocycles. The summed E-state index contributed by atoms with van der Waals surface area (Å²) in [5, 5.41) is 0. The van der Waals surface area contributed by atoms with Crippen molar-refractivity contribution in [2.75, 3.05) is 0 Å². The number of ether oxygens (including phenoxy) is 1. The zero-order valence-electron chi connectivity index (χ0n) is 19.3. The van der Waals surface area contributed by atoms with Crippen molar-refractivity contribution in [2.45, 2.75) is 26.0 Å². The van der Waals surface area contributed by atoms with Gasteiger partial charge in [0.1, 0.15) is 5.75 Å². The maximum absolute atomic E-state index is 6.75. The molecule has 0 aliphatic carbocycles. The van der Waals surface area contributed by atoms with E-state index in [9.17, 15) is 0 Å². The van der Waals surface area contributed by atoms with Crippen molar-refractivity contribution in [2.24, 2.45) is 0 Å². The summed E-state index contributed by atoms with van der Waals surface area (Å²) in [5.74, 6) is 0.954. The maximum Gasteiger partial charge on any atom is 0.164 e.